The highest BCUT2D eigenvalue weighted by molar-refractivity contribution is 7.22. The molecule has 170 valence electrons. The number of benzene rings is 2. The SMILES string of the molecule is CCOc1cccc2sc(N(CCN3CCOCC3)C(=O)c3cnc4ccccc4n3)nc12. The number of aromatic nitrogens is 3. The number of carbonyl (C=O) groups is 1. The summed E-state index contributed by atoms with van der Waals surface area (Å²) in [5.74, 6) is 0.516. The third kappa shape index (κ3) is 4.66. The molecule has 33 heavy (non-hydrogen) atoms. The number of hydrogen-bond donors (Lipinski definition) is 0. The number of morpholine rings is 1. The van der Waals surface area contributed by atoms with E-state index in [4.69, 9.17) is 14.5 Å². The molecule has 5 rings (SSSR count). The average molecular weight is 464 g/mol. The first kappa shape index (κ1) is 21.7. The number of hydrogen-bond acceptors (Lipinski definition) is 8. The van der Waals surface area contributed by atoms with Crippen LogP contribution >= 0.6 is 11.3 Å². The lowest BCUT2D eigenvalue weighted by Crippen LogP contribution is -2.43. The van der Waals surface area contributed by atoms with Crippen LogP contribution in [-0.2, 0) is 4.74 Å². The summed E-state index contributed by atoms with van der Waals surface area (Å²) in [6, 6.07) is 13.4. The number of ether oxygens (including phenoxy) is 2. The molecular formula is C24H25N5O3S. The van der Waals surface area contributed by atoms with Crippen molar-refractivity contribution in [1.29, 1.82) is 0 Å². The fraction of sp³-hybridized carbons (Fsp3) is 0.333. The summed E-state index contributed by atoms with van der Waals surface area (Å²) in [7, 11) is 0. The molecule has 2 aromatic heterocycles. The Hall–Kier alpha value is -3.14. The number of nitrogens with zero attached hydrogens (tertiary/aromatic N) is 5. The smallest absolute Gasteiger partial charge is 0.280 e. The van der Waals surface area contributed by atoms with Crippen LogP contribution in [0.2, 0.25) is 0 Å². The Morgan fingerprint density at radius 1 is 1.12 bits per heavy atom. The summed E-state index contributed by atoms with van der Waals surface area (Å²) in [5.41, 5.74) is 2.53. The second-order valence-electron chi connectivity index (χ2n) is 7.69. The molecule has 4 aromatic rings. The van der Waals surface area contributed by atoms with Gasteiger partial charge in [0.25, 0.3) is 5.91 Å². The van der Waals surface area contributed by atoms with Gasteiger partial charge in [-0.1, -0.05) is 29.5 Å². The Morgan fingerprint density at radius 2 is 1.94 bits per heavy atom. The molecule has 0 bridgehead atoms. The van der Waals surface area contributed by atoms with E-state index in [0.29, 0.717) is 42.7 Å². The number of fused-ring (bicyclic) bond motifs is 2. The van der Waals surface area contributed by atoms with E-state index in [1.165, 1.54) is 11.3 Å². The number of amides is 1. The van der Waals surface area contributed by atoms with E-state index in [1.807, 2.05) is 49.4 Å². The van der Waals surface area contributed by atoms with Crippen LogP contribution in [0.15, 0.2) is 48.7 Å². The van der Waals surface area contributed by atoms with Crippen molar-refractivity contribution in [3.8, 4) is 5.75 Å². The van der Waals surface area contributed by atoms with Crippen molar-refractivity contribution in [1.82, 2.24) is 19.9 Å². The third-order valence-electron chi connectivity index (χ3n) is 5.56. The highest BCUT2D eigenvalue weighted by Gasteiger charge is 2.25. The fourth-order valence-corrected chi connectivity index (χ4v) is 4.86. The molecular weight excluding hydrogens is 438 g/mol. The van der Waals surface area contributed by atoms with Gasteiger partial charge in [0.15, 0.2) is 5.13 Å². The maximum absolute atomic E-state index is 13.7. The van der Waals surface area contributed by atoms with Crippen LogP contribution in [0.5, 0.6) is 5.75 Å². The van der Waals surface area contributed by atoms with Crippen LogP contribution in [0.25, 0.3) is 21.3 Å². The molecule has 0 N–H and O–H groups in total. The largest absolute Gasteiger partial charge is 0.492 e. The number of para-hydroxylation sites is 3. The van der Waals surface area contributed by atoms with Gasteiger partial charge in [0, 0.05) is 26.2 Å². The highest BCUT2D eigenvalue weighted by atomic mass is 32.1. The van der Waals surface area contributed by atoms with E-state index in [0.717, 1.165) is 41.1 Å². The molecule has 1 saturated heterocycles. The van der Waals surface area contributed by atoms with Crippen molar-refractivity contribution in [3.63, 3.8) is 0 Å². The van der Waals surface area contributed by atoms with Gasteiger partial charge in [0.1, 0.15) is 17.0 Å². The van der Waals surface area contributed by atoms with E-state index >= 15 is 0 Å². The summed E-state index contributed by atoms with van der Waals surface area (Å²) in [6.45, 7) is 6.85. The molecule has 9 heteroatoms. The Bertz CT molecular complexity index is 1270. The zero-order chi connectivity index (χ0) is 22.6. The minimum absolute atomic E-state index is 0.210. The summed E-state index contributed by atoms with van der Waals surface area (Å²) in [6.07, 6.45) is 1.55. The zero-order valence-corrected chi connectivity index (χ0v) is 19.3. The lowest BCUT2D eigenvalue weighted by atomic mass is 10.3. The average Bonchev–Trinajstić information content (AvgIpc) is 3.29. The lowest BCUT2D eigenvalue weighted by molar-refractivity contribution is 0.0391. The van der Waals surface area contributed by atoms with Crippen molar-refractivity contribution in [3.05, 3.63) is 54.4 Å². The number of rotatable bonds is 7. The molecule has 1 aliphatic rings. The van der Waals surface area contributed by atoms with Gasteiger partial charge in [0.2, 0.25) is 0 Å². The second-order valence-corrected chi connectivity index (χ2v) is 8.70. The maximum Gasteiger partial charge on any atom is 0.280 e. The number of thiazole rings is 1. The van der Waals surface area contributed by atoms with Gasteiger partial charge in [-0.05, 0) is 31.2 Å². The normalized spacial score (nSPS) is 14.6. The quantitative estimate of drug-likeness (QED) is 0.414. The minimum Gasteiger partial charge on any atom is -0.492 e. The predicted molar refractivity (Wildman–Crippen MR) is 129 cm³/mol. The molecule has 1 aliphatic heterocycles. The third-order valence-corrected chi connectivity index (χ3v) is 6.60. The van der Waals surface area contributed by atoms with Crippen LogP contribution in [0.1, 0.15) is 17.4 Å². The van der Waals surface area contributed by atoms with Gasteiger partial charge in [-0.25, -0.2) is 9.97 Å². The molecule has 3 heterocycles. The predicted octanol–water partition coefficient (Wildman–Crippen LogP) is 3.62. The summed E-state index contributed by atoms with van der Waals surface area (Å²) >= 11 is 1.48. The Labute approximate surface area is 195 Å². The second kappa shape index (κ2) is 9.78. The molecule has 0 aliphatic carbocycles. The summed E-state index contributed by atoms with van der Waals surface area (Å²) < 4.78 is 12.2. The molecule has 1 amide bonds. The summed E-state index contributed by atoms with van der Waals surface area (Å²) in [4.78, 5) is 31.5. The molecule has 0 spiro atoms. The molecule has 0 saturated carbocycles. The van der Waals surface area contributed by atoms with Crippen LogP contribution in [0.3, 0.4) is 0 Å². The monoisotopic (exact) mass is 463 g/mol. The van der Waals surface area contributed by atoms with Crippen LogP contribution < -0.4 is 9.64 Å². The standard InChI is InChI=1S/C24H25N5O3S/c1-2-32-20-8-5-9-21-22(20)27-24(33-21)29(11-10-28-12-14-31-15-13-28)23(30)19-16-25-17-6-3-4-7-18(17)26-19/h3-9,16H,2,10-15H2,1H3. The Kier molecular flexibility index (Phi) is 6.43. The van der Waals surface area contributed by atoms with Crippen LogP contribution in [-0.4, -0.2) is 71.8 Å². The Balaban J connectivity index is 1.49. The van der Waals surface area contributed by atoms with Crippen LogP contribution in [0, 0.1) is 0 Å². The first-order valence-electron chi connectivity index (χ1n) is 11.1. The molecule has 0 radical (unpaired) electrons. The van der Waals surface area contributed by atoms with Crippen molar-refractivity contribution < 1.29 is 14.3 Å². The molecule has 8 nitrogen and oxygen atoms in total. The lowest BCUT2D eigenvalue weighted by Gasteiger charge is -2.29. The first-order chi connectivity index (χ1) is 16.2. The van der Waals surface area contributed by atoms with Crippen molar-refractivity contribution in [2.24, 2.45) is 0 Å². The van der Waals surface area contributed by atoms with Gasteiger partial charge in [-0.3, -0.25) is 19.6 Å². The van der Waals surface area contributed by atoms with Gasteiger partial charge >= 0.3 is 0 Å². The molecule has 2 aromatic carbocycles. The highest BCUT2D eigenvalue weighted by Crippen LogP contribution is 2.34. The topological polar surface area (TPSA) is 80.7 Å². The van der Waals surface area contributed by atoms with E-state index in [2.05, 4.69) is 14.9 Å². The van der Waals surface area contributed by atoms with E-state index in [1.54, 1.807) is 11.1 Å². The van der Waals surface area contributed by atoms with Crippen molar-refractivity contribution in [2.45, 2.75) is 6.92 Å². The Morgan fingerprint density at radius 3 is 2.76 bits per heavy atom. The fourth-order valence-electron chi connectivity index (χ4n) is 3.85. The first-order valence-corrected chi connectivity index (χ1v) is 11.9. The van der Waals surface area contributed by atoms with E-state index in [-0.39, 0.29) is 5.91 Å². The van der Waals surface area contributed by atoms with Crippen molar-refractivity contribution >= 4 is 43.6 Å². The van der Waals surface area contributed by atoms with Gasteiger partial charge in [-0.2, -0.15) is 0 Å². The zero-order valence-electron chi connectivity index (χ0n) is 18.4. The number of anilines is 1. The van der Waals surface area contributed by atoms with Gasteiger partial charge < -0.3 is 9.47 Å². The van der Waals surface area contributed by atoms with Crippen molar-refractivity contribution in [2.75, 3.05) is 50.9 Å². The minimum atomic E-state index is -0.210. The molecule has 1 fully saturated rings. The number of carbonyl (C=O) groups excluding carboxylic acids is 1. The molecule has 0 atom stereocenters. The van der Waals surface area contributed by atoms with Gasteiger partial charge in [0.05, 0.1) is 41.8 Å². The van der Waals surface area contributed by atoms with E-state index in [9.17, 15) is 4.79 Å². The van der Waals surface area contributed by atoms with Gasteiger partial charge in [-0.15, -0.1) is 0 Å². The maximum atomic E-state index is 13.7. The van der Waals surface area contributed by atoms with Crippen LogP contribution in [0.4, 0.5) is 5.13 Å². The molecule has 0 unspecified atom stereocenters. The summed E-state index contributed by atoms with van der Waals surface area (Å²) in [5, 5.41) is 0.630. The van der Waals surface area contributed by atoms with E-state index < -0.39 is 0 Å².